The van der Waals surface area contributed by atoms with Gasteiger partial charge in [-0.1, -0.05) is 127 Å². The number of rotatable bonds is 5. The van der Waals surface area contributed by atoms with Crippen LogP contribution in [0.1, 0.15) is 0 Å². The van der Waals surface area contributed by atoms with Crippen molar-refractivity contribution in [2.75, 3.05) is 4.90 Å². The van der Waals surface area contributed by atoms with Gasteiger partial charge in [0.25, 0.3) is 0 Å². The van der Waals surface area contributed by atoms with Crippen LogP contribution < -0.4 is 4.90 Å². The number of fused-ring (bicyclic) bond motifs is 7. The number of thiophene rings is 2. The summed E-state index contributed by atoms with van der Waals surface area (Å²) in [5, 5.41) is 7.71. The van der Waals surface area contributed by atoms with Crippen LogP contribution in [0.15, 0.2) is 176 Å². The molecule has 0 bridgehead atoms. The van der Waals surface area contributed by atoms with E-state index in [1.165, 1.54) is 79.1 Å². The van der Waals surface area contributed by atoms with Gasteiger partial charge in [-0.25, -0.2) is 0 Å². The highest BCUT2D eigenvalue weighted by atomic mass is 32.1. The molecule has 230 valence electrons. The molecule has 0 aliphatic carbocycles. The standard InChI is InChI=1S/C46H29NS2/c1-2-11-32(12-3-1)37-15-8-16-39-40-17-9-18-42(46(40)49-45(37)39)47(36-26-22-30-10-4-5-13-33(30)28-36)35-24-20-31(21-25-35)34-23-27-44-41(29-34)38-14-6-7-19-43(38)48-44/h1-29H. The van der Waals surface area contributed by atoms with E-state index < -0.39 is 0 Å². The molecule has 3 heteroatoms. The molecule has 0 fully saturated rings. The zero-order valence-corrected chi connectivity index (χ0v) is 28.1. The predicted octanol–water partition coefficient (Wildman–Crippen LogP) is 14.4. The molecule has 0 saturated heterocycles. The topological polar surface area (TPSA) is 3.24 Å². The Bertz CT molecular complexity index is 2830. The van der Waals surface area contributed by atoms with Gasteiger partial charge in [0.1, 0.15) is 0 Å². The number of anilines is 3. The fourth-order valence-electron chi connectivity index (χ4n) is 7.28. The van der Waals surface area contributed by atoms with Gasteiger partial charge in [-0.15, -0.1) is 22.7 Å². The van der Waals surface area contributed by atoms with Crippen molar-refractivity contribution in [1.29, 1.82) is 0 Å². The second-order valence-corrected chi connectivity index (χ2v) is 14.6. The molecule has 8 aromatic carbocycles. The Balaban J connectivity index is 1.15. The van der Waals surface area contributed by atoms with E-state index in [0.717, 1.165) is 11.4 Å². The van der Waals surface area contributed by atoms with Crippen LogP contribution in [0, 0.1) is 0 Å². The number of hydrogen-bond acceptors (Lipinski definition) is 3. The van der Waals surface area contributed by atoms with E-state index in [1.807, 2.05) is 22.7 Å². The van der Waals surface area contributed by atoms with E-state index in [9.17, 15) is 0 Å². The molecule has 0 saturated carbocycles. The number of benzene rings is 8. The Labute approximate surface area is 292 Å². The summed E-state index contributed by atoms with van der Waals surface area (Å²) in [6, 6.07) is 64.4. The van der Waals surface area contributed by atoms with Crippen LogP contribution in [0.25, 0.3) is 73.4 Å². The second kappa shape index (κ2) is 11.5. The summed E-state index contributed by atoms with van der Waals surface area (Å²) >= 11 is 3.76. The first-order valence-electron chi connectivity index (χ1n) is 16.6. The monoisotopic (exact) mass is 659 g/mol. The Morgan fingerprint density at radius 3 is 1.90 bits per heavy atom. The average Bonchev–Trinajstić information content (AvgIpc) is 3.74. The lowest BCUT2D eigenvalue weighted by molar-refractivity contribution is 1.31. The minimum Gasteiger partial charge on any atom is -0.309 e. The third-order valence-corrected chi connectivity index (χ3v) is 12.1. The summed E-state index contributed by atoms with van der Waals surface area (Å²) < 4.78 is 5.27. The highest BCUT2D eigenvalue weighted by Gasteiger charge is 2.20. The summed E-state index contributed by atoms with van der Waals surface area (Å²) in [4.78, 5) is 2.44. The molecule has 0 aliphatic rings. The van der Waals surface area contributed by atoms with Gasteiger partial charge >= 0.3 is 0 Å². The van der Waals surface area contributed by atoms with Crippen LogP contribution in [0.2, 0.25) is 0 Å². The highest BCUT2D eigenvalue weighted by Crippen LogP contribution is 2.47. The average molecular weight is 660 g/mol. The lowest BCUT2D eigenvalue weighted by Crippen LogP contribution is -2.10. The maximum absolute atomic E-state index is 2.44. The Morgan fingerprint density at radius 1 is 0.347 bits per heavy atom. The van der Waals surface area contributed by atoms with Gasteiger partial charge in [0.15, 0.2) is 0 Å². The van der Waals surface area contributed by atoms with Crippen molar-refractivity contribution in [2.24, 2.45) is 0 Å². The highest BCUT2D eigenvalue weighted by molar-refractivity contribution is 7.27. The summed E-state index contributed by atoms with van der Waals surface area (Å²) in [5.74, 6) is 0. The fourth-order valence-corrected chi connectivity index (χ4v) is 9.70. The molecule has 1 nitrogen and oxygen atoms in total. The number of nitrogens with zero attached hydrogens (tertiary/aromatic N) is 1. The Kier molecular flexibility index (Phi) is 6.61. The van der Waals surface area contributed by atoms with Crippen molar-refractivity contribution >= 4 is 90.9 Å². The van der Waals surface area contributed by atoms with E-state index >= 15 is 0 Å². The smallest absolute Gasteiger partial charge is 0.0640 e. The third-order valence-electron chi connectivity index (χ3n) is 9.66. The van der Waals surface area contributed by atoms with Crippen LogP contribution in [0.3, 0.4) is 0 Å². The first kappa shape index (κ1) is 28.3. The summed E-state index contributed by atoms with van der Waals surface area (Å²) in [6.07, 6.45) is 0. The second-order valence-electron chi connectivity index (χ2n) is 12.5. The lowest BCUT2D eigenvalue weighted by atomic mass is 10.0. The van der Waals surface area contributed by atoms with Crippen LogP contribution in [0.5, 0.6) is 0 Å². The summed E-state index contributed by atoms with van der Waals surface area (Å²) in [5.41, 5.74) is 8.44. The molecule has 2 heterocycles. The molecule has 0 radical (unpaired) electrons. The van der Waals surface area contributed by atoms with Gasteiger partial charge in [-0.3, -0.25) is 0 Å². The summed E-state index contributed by atoms with van der Waals surface area (Å²) in [7, 11) is 0. The summed E-state index contributed by atoms with van der Waals surface area (Å²) in [6.45, 7) is 0. The van der Waals surface area contributed by atoms with Crippen LogP contribution >= 0.6 is 22.7 Å². The molecular weight excluding hydrogens is 631 g/mol. The first-order valence-corrected chi connectivity index (χ1v) is 18.2. The molecule has 10 aromatic rings. The molecule has 10 rings (SSSR count). The van der Waals surface area contributed by atoms with Crippen LogP contribution in [-0.2, 0) is 0 Å². The largest absolute Gasteiger partial charge is 0.309 e. The van der Waals surface area contributed by atoms with Crippen molar-refractivity contribution in [3.63, 3.8) is 0 Å². The van der Waals surface area contributed by atoms with E-state index in [2.05, 4.69) is 181 Å². The maximum Gasteiger partial charge on any atom is 0.0640 e. The molecule has 0 aliphatic heterocycles. The van der Waals surface area contributed by atoms with Crippen molar-refractivity contribution in [1.82, 2.24) is 0 Å². The normalized spacial score (nSPS) is 11.7. The van der Waals surface area contributed by atoms with E-state index in [1.54, 1.807) is 0 Å². The van der Waals surface area contributed by atoms with Gasteiger partial charge in [-0.2, -0.15) is 0 Å². The van der Waals surface area contributed by atoms with Gasteiger partial charge in [0, 0.05) is 47.0 Å². The van der Waals surface area contributed by atoms with Crippen molar-refractivity contribution in [3.8, 4) is 22.3 Å². The van der Waals surface area contributed by atoms with Crippen molar-refractivity contribution in [2.45, 2.75) is 0 Å². The Morgan fingerprint density at radius 2 is 1.02 bits per heavy atom. The van der Waals surface area contributed by atoms with Gasteiger partial charge in [0.05, 0.1) is 10.4 Å². The zero-order chi connectivity index (χ0) is 32.3. The maximum atomic E-state index is 2.44. The number of hydrogen-bond donors (Lipinski definition) is 0. The molecule has 0 N–H and O–H groups in total. The van der Waals surface area contributed by atoms with E-state index in [4.69, 9.17) is 0 Å². The van der Waals surface area contributed by atoms with Crippen LogP contribution in [-0.4, -0.2) is 0 Å². The van der Waals surface area contributed by atoms with Crippen molar-refractivity contribution in [3.05, 3.63) is 176 Å². The predicted molar refractivity (Wildman–Crippen MR) is 215 cm³/mol. The molecule has 0 spiro atoms. The quantitative estimate of drug-likeness (QED) is 0.178. The van der Waals surface area contributed by atoms with E-state index in [0.29, 0.717) is 0 Å². The van der Waals surface area contributed by atoms with Crippen molar-refractivity contribution < 1.29 is 0 Å². The zero-order valence-electron chi connectivity index (χ0n) is 26.5. The molecule has 0 amide bonds. The molecule has 0 unspecified atom stereocenters. The molecule has 49 heavy (non-hydrogen) atoms. The minimum absolute atomic E-state index is 1.13. The van der Waals surface area contributed by atoms with Gasteiger partial charge in [-0.05, 0) is 81.6 Å². The van der Waals surface area contributed by atoms with Gasteiger partial charge < -0.3 is 4.90 Å². The first-order chi connectivity index (χ1) is 24.3. The lowest BCUT2D eigenvalue weighted by Gasteiger charge is -2.26. The minimum atomic E-state index is 1.13. The SMILES string of the molecule is c1ccc(-c2cccc3c2sc2c(N(c4ccc(-c5ccc6sc7ccccc7c6c5)cc4)c4ccc5ccccc5c4)cccc23)cc1. The van der Waals surface area contributed by atoms with Gasteiger partial charge in [0.2, 0.25) is 0 Å². The third kappa shape index (κ3) is 4.74. The fraction of sp³-hybridized carbons (Fsp3) is 0. The molecule has 0 atom stereocenters. The Hall–Kier alpha value is -5.74. The molecule has 2 aromatic heterocycles. The molecular formula is C46H29NS2. The van der Waals surface area contributed by atoms with E-state index in [-0.39, 0.29) is 0 Å². The van der Waals surface area contributed by atoms with Crippen LogP contribution in [0.4, 0.5) is 17.1 Å².